The first-order chi connectivity index (χ1) is 12.1. The van der Waals surface area contributed by atoms with Crippen LogP contribution in [-0.2, 0) is 11.3 Å². The number of oxazole rings is 1. The van der Waals surface area contributed by atoms with Gasteiger partial charge in [-0.15, -0.1) is 0 Å². The maximum Gasteiger partial charge on any atom is 0.323 e. The summed E-state index contributed by atoms with van der Waals surface area (Å²) >= 11 is 0. The van der Waals surface area contributed by atoms with Crippen molar-refractivity contribution in [3.8, 4) is 11.5 Å². The van der Waals surface area contributed by atoms with Crippen LogP contribution in [0.15, 0.2) is 71.3 Å². The van der Waals surface area contributed by atoms with Crippen LogP contribution < -0.4 is 0 Å². The smallest absolute Gasteiger partial charge is 0.323 e. The Morgan fingerprint density at radius 1 is 1.00 bits per heavy atom. The maximum absolute atomic E-state index is 12.7. The summed E-state index contributed by atoms with van der Waals surface area (Å²) in [5.41, 5.74) is 1.66. The van der Waals surface area contributed by atoms with Gasteiger partial charge in [0.2, 0.25) is 5.89 Å². The van der Waals surface area contributed by atoms with Crippen molar-refractivity contribution in [3.05, 3.63) is 78.2 Å². The highest BCUT2D eigenvalue weighted by Gasteiger charge is 2.22. The lowest BCUT2D eigenvalue weighted by Gasteiger charge is -2.19. The van der Waals surface area contributed by atoms with Gasteiger partial charge < -0.3 is 14.4 Å². The molecule has 1 aromatic heterocycles. The molecule has 1 heterocycles. The predicted molar refractivity (Wildman–Crippen MR) is 90.8 cm³/mol. The third-order valence-electron chi connectivity index (χ3n) is 3.57. The summed E-state index contributed by atoms with van der Waals surface area (Å²) in [5.74, 6) is -1.26. The first-order valence-corrected chi connectivity index (χ1v) is 7.69. The molecule has 0 saturated heterocycles. The fourth-order valence-corrected chi connectivity index (χ4v) is 2.41. The summed E-state index contributed by atoms with van der Waals surface area (Å²) in [5, 5.41) is 9.10. The molecule has 0 aliphatic carbocycles. The molecule has 0 aliphatic heterocycles. The Kier molecular flexibility index (Phi) is 4.89. The van der Waals surface area contributed by atoms with Gasteiger partial charge in [0.15, 0.2) is 5.69 Å². The number of nitrogens with zero attached hydrogens (tertiary/aromatic N) is 2. The van der Waals surface area contributed by atoms with E-state index in [2.05, 4.69) is 4.98 Å². The highest BCUT2D eigenvalue weighted by molar-refractivity contribution is 5.94. The van der Waals surface area contributed by atoms with Crippen LogP contribution in [0.5, 0.6) is 0 Å². The van der Waals surface area contributed by atoms with E-state index in [4.69, 9.17) is 9.52 Å². The van der Waals surface area contributed by atoms with Gasteiger partial charge in [0.25, 0.3) is 5.91 Å². The molecule has 3 aromatic rings. The largest absolute Gasteiger partial charge is 0.480 e. The molecular weight excluding hydrogens is 320 g/mol. The van der Waals surface area contributed by atoms with Crippen LogP contribution in [0, 0.1) is 0 Å². The third-order valence-corrected chi connectivity index (χ3v) is 3.57. The number of benzene rings is 2. The van der Waals surface area contributed by atoms with Crippen molar-refractivity contribution < 1.29 is 19.1 Å². The quantitative estimate of drug-likeness (QED) is 0.748. The van der Waals surface area contributed by atoms with Crippen LogP contribution in [0.1, 0.15) is 16.1 Å². The molecule has 0 saturated carbocycles. The lowest BCUT2D eigenvalue weighted by molar-refractivity contribution is -0.137. The second-order valence-electron chi connectivity index (χ2n) is 5.44. The zero-order chi connectivity index (χ0) is 17.6. The van der Waals surface area contributed by atoms with Crippen LogP contribution in [0.25, 0.3) is 11.5 Å². The number of hydrogen-bond acceptors (Lipinski definition) is 4. The van der Waals surface area contributed by atoms with Gasteiger partial charge in [0, 0.05) is 12.1 Å². The lowest BCUT2D eigenvalue weighted by atomic mass is 10.2. The summed E-state index contributed by atoms with van der Waals surface area (Å²) < 4.78 is 5.37. The number of carbonyl (C=O) groups excluding carboxylic acids is 1. The van der Waals surface area contributed by atoms with Gasteiger partial charge in [-0.25, -0.2) is 4.98 Å². The van der Waals surface area contributed by atoms with Crippen molar-refractivity contribution in [1.29, 1.82) is 0 Å². The SMILES string of the molecule is O=C(O)CN(Cc1ccccc1)C(=O)c1coc(-c2ccccc2)n1. The van der Waals surface area contributed by atoms with Gasteiger partial charge in [-0.05, 0) is 17.7 Å². The van der Waals surface area contributed by atoms with Crippen molar-refractivity contribution in [2.45, 2.75) is 6.54 Å². The Hall–Kier alpha value is -3.41. The number of aromatic nitrogens is 1. The van der Waals surface area contributed by atoms with Crippen molar-refractivity contribution in [3.63, 3.8) is 0 Å². The summed E-state index contributed by atoms with van der Waals surface area (Å²) in [6, 6.07) is 18.4. The molecule has 0 fully saturated rings. The number of amides is 1. The fourth-order valence-electron chi connectivity index (χ4n) is 2.41. The average Bonchev–Trinajstić information content (AvgIpc) is 3.12. The van der Waals surface area contributed by atoms with E-state index in [0.717, 1.165) is 11.1 Å². The minimum Gasteiger partial charge on any atom is -0.480 e. The molecule has 6 heteroatoms. The summed E-state index contributed by atoms with van der Waals surface area (Å²) in [7, 11) is 0. The molecule has 0 aliphatic rings. The van der Waals surface area contributed by atoms with Crippen LogP contribution in [0.2, 0.25) is 0 Å². The number of carbonyl (C=O) groups is 2. The Morgan fingerprint density at radius 2 is 1.64 bits per heavy atom. The maximum atomic E-state index is 12.7. The standard InChI is InChI=1S/C19H16N2O4/c22-17(23)12-21(11-14-7-3-1-4-8-14)19(24)16-13-25-18(20-16)15-9-5-2-6-10-15/h1-10,13H,11-12H2,(H,22,23). The average molecular weight is 336 g/mol. The highest BCUT2D eigenvalue weighted by Crippen LogP contribution is 2.19. The molecule has 0 bridgehead atoms. The van der Waals surface area contributed by atoms with E-state index in [0.29, 0.717) is 5.89 Å². The minimum atomic E-state index is -1.09. The summed E-state index contributed by atoms with van der Waals surface area (Å²) in [6.07, 6.45) is 1.25. The van der Waals surface area contributed by atoms with E-state index in [1.165, 1.54) is 11.2 Å². The molecule has 25 heavy (non-hydrogen) atoms. The second kappa shape index (κ2) is 7.44. The van der Waals surface area contributed by atoms with E-state index < -0.39 is 18.4 Å². The summed E-state index contributed by atoms with van der Waals surface area (Å²) in [4.78, 5) is 29.2. The first kappa shape index (κ1) is 16.4. The van der Waals surface area contributed by atoms with Gasteiger partial charge in [0.1, 0.15) is 12.8 Å². The second-order valence-corrected chi connectivity index (χ2v) is 5.44. The Balaban J connectivity index is 1.82. The molecule has 126 valence electrons. The zero-order valence-electron chi connectivity index (χ0n) is 13.3. The van der Waals surface area contributed by atoms with Gasteiger partial charge in [-0.3, -0.25) is 9.59 Å². The van der Waals surface area contributed by atoms with Gasteiger partial charge >= 0.3 is 5.97 Å². The van der Waals surface area contributed by atoms with Gasteiger partial charge in [-0.1, -0.05) is 48.5 Å². The van der Waals surface area contributed by atoms with Crippen molar-refractivity contribution in [1.82, 2.24) is 9.88 Å². The number of rotatable bonds is 6. The van der Waals surface area contributed by atoms with E-state index in [9.17, 15) is 9.59 Å². The highest BCUT2D eigenvalue weighted by atomic mass is 16.4. The number of aliphatic carboxylic acids is 1. The van der Waals surface area contributed by atoms with Crippen molar-refractivity contribution in [2.24, 2.45) is 0 Å². The normalized spacial score (nSPS) is 10.4. The molecular formula is C19H16N2O4. The molecule has 3 rings (SSSR count). The summed E-state index contributed by atoms with van der Waals surface area (Å²) in [6.45, 7) is -0.235. The van der Waals surface area contributed by atoms with Gasteiger partial charge in [-0.2, -0.15) is 0 Å². The predicted octanol–water partition coefficient (Wildman–Crippen LogP) is 3.07. The monoisotopic (exact) mass is 336 g/mol. The molecule has 1 N–H and O–H groups in total. The minimum absolute atomic E-state index is 0.0797. The Morgan fingerprint density at radius 3 is 2.28 bits per heavy atom. The van der Waals surface area contributed by atoms with E-state index in [-0.39, 0.29) is 12.2 Å². The van der Waals surface area contributed by atoms with Crippen LogP contribution in [0.4, 0.5) is 0 Å². The van der Waals surface area contributed by atoms with E-state index >= 15 is 0 Å². The number of hydrogen-bond donors (Lipinski definition) is 1. The van der Waals surface area contributed by atoms with E-state index in [1.807, 2.05) is 60.7 Å². The molecule has 2 aromatic carbocycles. The van der Waals surface area contributed by atoms with Crippen molar-refractivity contribution >= 4 is 11.9 Å². The topological polar surface area (TPSA) is 83.6 Å². The molecule has 0 spiro atoms. The molecule has 0 unspecified atom stereocenters. The Labute approximate surface area is 144 Å². The van der Waals surface area contributed by atoms with Crippen molar-refractivity contribution in [2.75, 3.05) is 6.54 Å². The molecule has 6 nitrogen and oxygen atoms in total. The Bertz CT molecular complexity index is 859. The van der Waals surface area contributed by atoms with Gasteiger partial charge in [0.05, 0.1) is 0 Å². The van der Waals surface area contributed by atoms with Crippen LogP contribution in [-0.4, -0.2) is 33.4 Å². The molecule has 0 radical (unpaired) electrons. The van der Waals surface area contributed by atoms with Crippen LogP contribution in [0.3, 0.4) is 0 Å². The van der Waals surface area contributed by atoms with Crippen LogP contribution >= 0.6 is 0 Å². The molecule has 1 amide bonds. The number of carboxylic acid groups (broad SMARTS) is 1. The fraction of sp³-hybridized carbons (Fsp3) is 0.105. The molecule has 0 atom stereocenters. The third kappa shape index (κ3) is 4.11. The number of carboxylic acids is 1. The first-order valence-electron chi connectivity index (χ1n) is 7.69. The van der Waals surface area contributed by atoms with E-state index in [1.54, 1.807) is 0 Å². The lowest BCUT2D eigenvalue weighted by Crippen LogP contribution is -2.35. The zero-order valence-corrected chi connectivity index (χ0v) is 13.3.